The average molecular weight is 311 g/mol. The molecule has 1 aromatic carbocycles. The second kappa shape index (κ2) is 5.72. The molecule has 1 N–H and O–H groups in total. The van der Waals surface area contributed by atoms with Crippen LogP contribution >= 0.6 is 12.6 Å². The van der Waals surface area contributed by atoms with Crippen LogP contribution in [0.5, 0.6) is 0 Å². The van der Waals surface area contributed by atoms with Crippen molar-refractivity contribution in [3.8, 4) is 0 Å². The van der Waals surface area contributed by atoms with E-state index in [0.717, 1.165) is 0 Å². The Morgan fingerprint density at radius 3 is 2.43 bits per heavy atom. The SMILES string of the molecule is CC(C)N1N=C(C(=O)O)C(=O)N(c2ccc(F)cc2)C1S. The fourth-order valence-corrected chi connectivity index (χ4v) is 2.47. The third-order valence-electron chi connectivity index (χ3n) is 2.94. The number of carboxylic acids is 1. The molecule has 112 valence electrons. The van der Waals surface area contributed by atoms with Gasteiger partial charge in [0.2, 0.25) is 5.71 Å². The van der Waals surface area contributed by atoms with Gasteiger partial charge < -0.3 is 5.11 Å². The molecule has 8 heteroatoms. The van der Waals surface area contributed by atoms with Crippen LogP contribution in [0.25, 0.3) is 0 Å². The Morgan fingerprint density at radius 1 is 1.38 bits per heavy atom. The van der Waals surface area contributed by atoms with Gasteiger partial charge in [0.25, 0.3) is 5.91 Å². The fourth-order valence-electron chi connectivity index (χ4n) is 1.92. The van der Waals surface area contributed by atoms with Crippen molar-refractivity contribution in [1.29, 1.82) is 0 Å². The molecule has 1 aromatic rings. The number of carbonyl (C=O) groups is 2. The number of hydrogen-bond acceptors (Lipinski definition) is 5. The maximum Gasteiger partial charge on any atom is 0.362 e. The summed E-state index contributed by atoms with van der Waals surface area (Å²) in [6.07, 6.45) is 0. The lowest BCUT2D eigenvalue weighted by atomic mass is 10.2. The standard InChI is InChI=1S/C13H14FN3O3S/c1-7(2)17-13(21)16(9-5-3-8(14)4-6-9)11(18)10(15-17)12(19)20/h3-7,13,21H,1-2H3,(H,19,20). The van der Waals surface area contributed by atoms with Gasteiger partial charge in [0.05, 0.1) is 0 Å². The Kier molecular flexibility index (Phi) is 4.17. The van der Waals surface area contributed by atoms with E-state index in [-0.39, 0.29) is 6.04 Å². The zero-order chi connectivity index (χ0) is 15.7. The molecule has 6 nitrogen and oxygen atoms in total. The van der Waals surface area contributed by atoms with E-state index in [2.05, 4.69) is 17.7 Å². The third-order valence-corrected chi connectivity index (χ3v) is 3.41. The van der Waals surface area contributed by atoms with E-state index in [1.807, 2.05) is 0 Å². The lowest BCUT2D eigenvalue weighted by molar-refractivity contribution is -0.130. The molecule has 0 aromatic heterocycles. The summed E-state index contributed by atoms with van der Waals surface area (Å²) in [5.74, 6) is -2.66. The van der Waals surface area contributed by atoms with Gasteiger partial charge in [-0.2, -0.15) is 5.10 Å². The normalized spacial score (nSPS) is 19.0. The molecule has 0 saturated heterocycles. The molecule has 0 saturated carbocycles. The van der Waals surface area contributed by atoms with Crippen LogP contribution in [0.15, 0.2) is 29.4 Å². The summed E-state index contributed by atoms with van der Waals surface area (Å²) in [4.78, 5) is 24.6. The lowest BCUT2D eigenvalue weighted by Gasteiger charge is -2.40. The molecule has 0 spiro atoms. The zero-order valence-electron chi connectivity index (χ0n) is 11.4. The topological polar surface area (TPSA) is 73.2 Å². The first kappa shape index (κ1) is 15.3. The number of hydrazone groups is 1. The zero-order valence-corrected chi connectivity index (χ0v) is 12.3. The van der Waals surface area contributed by atoms with Crippen molar-refractivity contribution < 1.29 is 19.1 Å². The first-order valence-electron chi connectivity index (χ1n) is 6.20. The van der Waals surface area contributed by atoms with Crippen molar-refractivity contribution in [2.24, 2.45) is 5.10 Å². The van der Waals surface area contributed by atoms with Crippen molar-refractivity contribution in [1.82, 2.24) is 5.01 Å². The minimum absolute atomic E-state index is 0.169. The molecule has 0 fully saturated rings. The van der Waals surface area contributed by atoms with E-state index in [9.17, 15) is 14.0 Å². The summed E-state index contributed by atoms with van der Waals surface area (Å²) in [6, 6.07) is 4.99. The predicted octanol–water partition coefficient (Wildman–Crippen LogP) is 1.54. The van der Waals surface area contributed by atoms with Gasteiger partial charge in [0, 0.05) is 11.7 Å². The van der Waals surface area contributed by atoms with Gasteiger partial charge >= 0.3 is 5.97 Å². The van der Waals surface area contributed by atoms with E-state index < -0.39 is 28.9 Å². The first-order chi connectivity index (χ1) is 9.82. The quantitative estimate of drug-likeness (QED) is 0.831. The molecule has 0 radical (unpaired) electrons. The van der Waals surface area contributed by atoms with Crippen molar-refractivity contribution in [2.75, 3.05) is 4.90 Å². The van der Waals surface area contributed by atoms with Crippen LogP contribution in [0.1, 0.15) is 13.8 Å². The number of benzene rings is 1. The van der Waals surface area contributed by atoms with E-state index in [1.165, 1.54) is 34.2 Å². The summed E-state index contributed by atoms with van der Waals surface area (Å²) in [6.45, 7) is 3.59. The molecule has 21 heavy (non-hydrogen) atoms. The van der Waals surface area contributed by atoms with E-state index in [4.69, 9.17) is 5.11 Å². The van der Waals surface area contributed by atoms with Crippen molar-refractivity contribution in [3.05, 3.63) is 30.1 Å². The third kappa shape index (κ3) is 2.85. The summed E-state index contributed by atoms with van der Waals surface area (Å²) in [7, 11) is 0. The smallest absolute Gasteiger partial charge is 0.362 e. The van der Waals surface area contributed by atoms with Gasteiger partial charge in [-0.05, 0) is 38.1 Å². The average Bonchev–Trinajstić information content (AvgIpc) is 2.40. The molecule has 1 aliphatic heterocycles. The Hall–Kier alpha value is -2.09. The number of anilines is 1. The van der Waals surface area contributed by atoms with Crippen molar-refractivity contribution >= 4 is 35.9 Å². The van der Waals surface area contributed by atoms with Crippen LogP contribution in [-0.4, -0.2) is 39.2 Å². The van der Waals surface area contributed by atoms with Crippen LogP contribution in [0, 0.1) is 5.82 Å². The predicted molar refractivity (Wildman–Crippen MR) is 78.7 cm³/mol. The minimum Gasteiger partial charge on any atom is -0.476 e. The first-order valence-corrected chi connectivity index (χ1v) is 6.72. The molecule has 2 rings (SSSR count). The number of amides is 1. The minimum atomic E-state index is -1.42. The van der Waals surface area contributed by atoms with Gasteiger partial charge in [-0.3, -0.25) is 14.7 Å². The Bertz CT molecular complexity index is 603. The highest BCUT2D eigenvalue weighted by molar-refractivity contribution is 7.81. The van der Waals surface area contributed by atoms with Crippen LogP contribution in [-0.2, 0) is 9.59 Å². The van der Waals surface area contributed by atoms with Gasteiger partial charge in [-0.25, -0.2) is 9.18 Å². The Balaban J connectivity index is 2.49. The number of thiol groups is 1. The molecule has 1 aliphatic rings. The largest absolute Gasteiger partial charge is 0.476 e. The second-order valence-electron chi connectivity index (χ2n) is 4.73. The maximum absolute atomic E-state index is 13.0. The lowest BCUT2D eigenvalue weighted by Crippen LogP contribution is -2.56. The monoisotopic (exact) mass is 311 g/mol. The van der Waals surface area contributed by atoms with Gasteiger partial charge in [0.1, 0.15) is 5.82 Å². The van der Waals surface area contributed by atoms with E-state index >= 15 is 0 Å². The number of hydrogen-bond donors (Lipinski definition) is 2. The summed E-state index contributed by atoms with van der Waals surface area (Å²) < 4.78 is 13.0. The molecule has 1 amide bonds. The molecular formula is C13H14FN3O3S. The summed E-state index contributed by atoms with van der Waals surface area (Å²) >= 11 is 4.33. The highest BCUT2D eigenvalue weighted by Crippen LogP contribution is 2.27. The molecule has 1 heterocycles. The van der Waals surface area contributed by atoms with Crippen LogP contribution < -0.4 is 4.90 Å². The number of rotatable bonds is 3. The van der Waals surface area contributed by atoms with E-state index in [0.29, 0.717) is 5.69 Å². The summed E-state index contributed by atoms with van der Waals surface area (Å²) in [5, 5.41) is 14.4. The molecular weight excluding hydrogens is 297 g/mol. The van der Waals surface area contributed by atoms with Gasteiger partial charge in [-0.15, -0.1) is 12.6 Å². The highest BCUT2D eigenvalue weighted by Gasteiger charge is 2.39. The van der Waals surface area contributed by atoms with Crippen LogP contribution in [0.4, 0.5) is 10.1 Å². The highest BCUT2D eigenvalue weighted by atomic mass is 32.1. The molecule has 1 atom stereocenters. The Morgan fingerprint density at radius 2 is 1.95 bits per heavy atom. The number of halogens is 1. The molecule has 1 unspecified atom stereocenters. The fraction of sp³-hybridized carbons (Fsp3) is 0.308. The summed E-state index contributed by atoms with van der Waals surface area (Å²) in [5.41, 5.74) is -1.02. The van der Waals surface area contributed by atoms with Crippen molar-refractivity contribution in [3.63, 3.8) is 0 Å². The Labute approximate surface area is 126 Å². The number of carboxylic acid groups (broad SMARTS) is 1. The van der Waals surface area contributed by atoms with Gasteiger partial charge in [0.15, 0.2) is 5.50 Å². The van der Waals surface area contributed by atoms with Crippen LogP contribution in [0.3, 0.4) is 0 Å². The second-order valence-corrected chi connectivity index (χ2v) is 5.19. The number of aliphatic carboxylic acids is 1. The molecule has 0 aliphatic carbocycles. The van der Waals surface area contributed by atoms with Gasteiger partial charge in [-0.1, -0.05) is 0 Å². The van der Waals surface area contributed by atoms with Crippen molar-refractivity contribution in [2.45, 2.75) is 25.4 Å². The number of nitrogens with zero attached hydrogens (tertiary/aromatic N) is 3. The van der Waals surface area contributed by atoms with Crippen LogP contribution in [0.2, 0.25) is 0 Å². The van der Waals surface area contributed by atoms with E-state index in [1.54, 1.807) is 13.8 Å². The maximum atomic E-state index is 13.0. The molecule has 0 bridgehead atoms. The number of carbonyl (C=O) groups excluding carboxylic acids is 1.